The Morgan fingerprint density at radius 1 is 1.29 bits per heavy atom. The largest absolute Gasteiger partial charge is 0.481 e. The second-order valence-corrected chi connectivity index (χ2v) is 5.68. The zero-order valence-electron chi connectivity index (χ0n) is 13.4. The quantitative estimate of drug-likeness (QED) is 0.551. The topological polar surface area (TPSA) is 90.8 Å². The Balaban J connectivity index is 3.29. The zero-order chi connectivity index (χ0) is 18.5. The highest BCUT2D eigenvalue weighted by Crippen LogP contribution is 2.43. The summed E-state index contributed by atoms with van der Waals surface area (Å²) in [5, 5.41) is 7.02. The van der Waals surface area contributed by atoms with E-state index in [2.05, 4.69) is 9.97 Å². The van der Waals surface area contributed by atoms with E-state index in [1.54, 1.807) is 0 Å². The fourth-order valence-electron chi connectivity index (χ4n) is 1.76. The molecule has 0 fully saturated rings. The fourth-order valence-corrected chi connectivity index (χ4v) is 2.78. The molecule has 0 amide bonds. The van der Waals surface area contributed by atoms with Gasteiger partial charge in [0.05, 0.1) is 20.3 Å². The molecule has 7 nitrogen and oxygen atoms in total. The molecule has 1 rings (SSSR count). The molecule has 0 spiro atoms. The minimum absolute atomic E-state index is 0.0265. The number of halogens is 3. The Morgan fingerprint density at radius 2 is 1.79 bits per heavy atom. The van der Waals surface area contributed by atoms with Gasteiger partial charge in [0.1, 0.15) is 5.25 Å². The third kappa shape index (κ3) is 4.41. The van der Waals surface area contributed by atoms with Gasteiger partial charge in [-0.1, -0.05) is 11.8 Å². The third-order valence-corrected chi connectivity index (χ3v) is 4.31. The van der Waals surface area contributed by atoms with E-state index < -0.39 is 23.0 Å². The van der Waals surface area contributed by atoms with E-state index in [4.69, 9.17) is 14.2 Å². The van der Waals surface area contributed by atoms with Crippen LogP contribution in [0.2, 0.25) is 0 Å². The number of thioether (sulfide) groups is 1. The molecule has 0 aliphatic heterocycles. The van der Waals surface area contributed by atoms with Crippen LogP contribution in [0.5, 0.6) is 11.8 Å². The van der Waals surface area contributed by atoms with E-state index in [0.29, 0.717) is 18.7 Å². The lowest BCUT2D eigenvalue weighted by Crippen LogP contribution is -2.55. The monoisotopic (exact) mass is 370 g/mol. The normalized spacial score (nSPS) is 15.5. The molecule has 0 aliphatic carbocycles. The number of alkyl halides is 3. The van der Waals surface area contributed by atoms with Crippen LogP contribution in [0.1, 0.15) is 13.8 Å². The highest BCUT2D eigenvalue weighted by molar-refractivity contribution is 8.00. The van der Waals surface area contributed by atoms with Gasteiger partial charge in [-0.05, 0) is 13.8 Å². The highest BCUT2D eigenvalue weighted by atomic mass is 32.2. The van der Waals surface area contributed by atoms with Gasteiger partial charge in [-0.25, -0.2) is 0 Å². The first-order chi connectivity index (χ1) is 11.1. The second-order valence-electron chi connectivity index (χ2n) is 4.61. The fraction of sp³-hybridized carbons (Fsp3) is 0.615. The molecule has 1 aromatic rings. The molecule has 136 valence electrons. The molecule has 0 radical (unpaired) electrons. The van der Waals surface area contributed by atoms with Gasteiger partial charge in [0.25, 0.3) is 0 Å². The SMILES string of the molecule is CCOC(C)(C(Sc1nc(OC)cc(OC)n1)C(=O)O)C(F)(F)F. The predicted molar refractivity (Wildman–Crippen MR) is 78.5 cm³/mol. The van der Waals surface area contributed by atoms with Gasteiger partial charge in [0.2, 0.25) is 11.8 Å². The Bertz CT molecular complexity index is 565. The van der Waals surface area contributed by atoms with Crippen molar-refractivity contribution in [2.24, 2.45) is 0 Å². The molecule has 1 aromatic heterocycles. The van der Waals surface area contributed by atoms with Crippen molar-refractivity contribution in [3.63, 3.8) is 0 Å². The Labute approximate surface area is 140 Å². The average molecular weight is 370 g/mol. The van der Waals surface area contributed by atoms with Gasteiger partial charge in [-0.3, -0.25) is 4.79 Å². The lowest BCUT2D eigenvalue weighted by molar-refractivity contribution is -0.269. The number of carboxylic acids is 1. The van der Waals surface area contributed by atoms with Crippen LogP contribution >= 0.6 is 11.8 Å². The maximum Gasteiger partial charge on any atom is 0.418 e. The van der Waals surface area contributed by atoms with Gasteiger partial charge >= 0.3 is 12.1 Å². The first-order valence-corrected chi connectivity index (χ1v) is 7.54. The Kier molecular flexibility index (Phi) is 6.67. The highest BCUT2D eigenvalue weighted by Gasteiger charge is 2.60. The molecule has 11 heteroatoms. The Hall–Kier alpha value is -1.75. The van der Waals surface area contributed by atoms with Crippen molar-refractivity contribution in [1.82, 2.24) is 9.97 Å². The zero-order valence-corrected chi connectivity index (χ0v) is 14.2. The maximum absolute atomic E-state index is 13.4. The lowest BCUT2D eigenvalue weighted by atomic mass is 10.0. The van der Waals surface area contributed by atoms with Crippen molar-refractivity contribution in [1.29, 1.82) is 0 Å². The molecule has 2 unspecified atom stereocenters. The standard InChI is InChI=1S/C13H17F3N2O5S/c1-5-23-12(2,13(14,15)16)9(10(19)20)24-11-17-7(21-3)6-8(18-11)22-4/h6,9H,5H2,1-4H3,(H,19,20). The number of hydrogen-bond acceptors (Lipinski definition) is 7. The smallest absolute Gasteiger partial charge is 0.418 e. The molecule has 0 saturated heterocycles. The second kappa shape index (κ2) is 7.88. The van der Waals surface area contributed by atoms with E-state index >= 15 is 0 Å². The van der Waals surface area contributed by atoms with Crippen LogP contribution in [0.4, 0.5) is 13.2 Å². The number of methoxy groups -OCH3 is 2. The summed E-state index contributed by atoms with van der Waals surface area (Å²) >= 11 is 0.303. The van der Waals surface area contributed by atoms with E-state index in [1.165, 1.54) is 27.2 Å². The van der Waals surface area contributed by atoms with Gasteiger partial charge in [0.15, 0.2) is 10.8 Å². The summed E-state index contributed by atoms with van der Waals surface area (Å²) in [5.74, 6) is -1.66. The summed E-state index contributed by atoms with van der Waals surface area (Å²) in [6, 6.07) is 1.31. The van der Waals surface area contributed by atoms with E-state index in [9.17, 15) is 23.1 Å². The molecule has 1 heterocycles. The molecule has 0 aromatic carbocycles. The summed E-state index contributed by atoms with van der Waals surface area (Å²) < 4.78 is 54.8. The van der Waals surface area contributed by atoms with Crippen molar-refractivity contribution in [3.8, 4) is 11.8 Å². The summed E-state index contributed by atoms with van der Waals surface area (Å²) in [4.78, 5) is 19.1. The van der Waals surface area contributed by atoms with Crippen LogP contribution in [0.3, 0.4) is 0 Å². The van der Waals surface area contributed by atoms with E-state index in [0.717, 1.165) is 0 Å². The van der Waals surface area contributed by atoms with Crippen LogP contribution < -0.4 is 9.47 Å². The van der Waals surface area contributed by atoms with Gasteiger partial charge in [0, 0.05) is 6.61 Å². The van der Waals surface area contributed by atoms with Gasteiger partial charge in [-0.2, -0.15) is 23.1 Å². The third-order valence-electron chi connectivity index (χ3n) is 3.03. The maximum atomic E-state index is 13.4. The van der Waals surface area contributed by atoms with Crippen molar-refractivity contribution >= 4 is 17.7 Å². The number of hydrogen-bond donors (Lipinski definition) is 1. The van der Waals surface area contributed by atoms with Crippen LogP contribution in [0.15, 0.2) is 11.2 Å². The minimum Gasteiger partial charge on any atom is -0.481 e. The molecule has 24 heavy (non-hydrogen) atoms. The lowest BCUT2D eigenvalue weighted by Gasteiger charge is -2.35. The number of aliphatic carboxylic acids is 1. The van der Waals surface area contributed by atoms with Crippen molar-refractivity contribution in [3.05, 3.63) is 6.07 Å². The van der Waals surface area contributed by atoms with Gasteiger partial charge in [-0.15, -0.1) is 0 Å². The summed E-state index contributed by atoms with van der Waals surface area (Å²) in [6.45, 7) is 1.71. The molecular weight excluding hydrogens is 353 g/mol. The number of carbonyl (C=O) groups is 1. The van der Waals surface area contributed by atoms with Crippen LogP contribution in [0.25, 0.3) is 0 Å². The number of rotatable bonds is 8. The molecule has 2 atom stereocenters. The van der Waals surface area contributed by atoms with Crippen LogP contribution in [-0.2, 0) is 9.53 Å². The number of ether oxygens (including phenoxy) is 3. The van der Waals surface area contributed by atoms with Crippen molar-refractivity contribution in [2.75, 3.05) is 20.8 Å². The molecular formula is C13H17F3N2O5S. The number of aromatic nitrogens is 2. The minimum atomic E-state index is -4.91. The van der Waals surface area contributed by atoms with Crippen molar-refractivity contribution < 1.29 is 37.3 Å². The summed E-state index contributed by atoms with van der Waals surface area (Å²) in [6.07, 6.45) is -4.91. The predicted octanol–water partition coefficient (Wildman–Crippen LogP) is 2.40. The number of carboxylic acid groups (broad SMARTS) is 1. The molecule has 0 saturated carbocycles. The van der Waals surface area contributed by atoms with E-state index in [1.807, 2.05) is 0 Å². The first-order valence-electron chi connectivity index (χ1n) is 6.66. The Morgan fingerprint density at radius 3 is 2.12 bits per heavy atom. The molecule has 0 bridgehead atoms. The first kappa shape index (κ1) is 20.3. The van der Waals surface area contributed by atoms with E-state index in [-0.39, 0.29) is 23.5 Å². The molecule has 1 N–H and O–H groups in total. The van der Waals surface area contributed by atoms with Crippen LogP contribution in [0, 0.1) is 0 Å². The van der Waals surface area contributed by atoms with Crippen molar-refractivity contribution in [2.45, 2.75) is 36.0 Å². The summed E-state index contributed by atoms with van der Waals surface area (Å²) in [5.41, 5.74) is -2.93. The number of nitrogens with zero attached hydrogens (tertiary/aromatic N) is 2. The van der Waals surface area contributed by atoms with Gasteiger partial charge < -0.3 is 19.3 Å². The van der Waals surface area contributed by atoms with Crippen LogP contribution in [-0.4, -0.2) is 58.9 Å². The average Bonchev–Trinajstić information content (AvgIpc) is 2.50. The molecule has 0 aliphatic rings. The summed E-state index contributed by atoms with van der Waals surface area (Å²) in [7, 11) is 2.59.